The van der Waals surface area contributed by atoms with Gasteiger partial charge in [-0.3, -0.25) is 9.36 Å². The van der Waals surface area contributed by atoms with E-state index in [1.807, 2.05) is 0 Å². The lowest BCUT2D eigenvalue weighted by molar-refractivity contribution is 0.0937. The number of aliphatic hydroxyl groups is 1. The van der Waals surface area contributed by atoms with Gasteiger partial charge in [0.25, 0.3) is 5.56 Å². The molecule has 2 aromatic rings. The molecule has 6 nitrogen and oxygen atoms in total. The molecule has 0 spiro atoms. The molecule has 2 aromatic heterocycles. The monoisotopic (exact) mass is 307 g/mol. The maximum absolute atomic E-state index is 12.7. The third-order valence-corrected chi connectivity index (χ3v) is 4.38. The summed E-state index contributed by atoms with van der Waals surface area (Å²) in [4.78, 5) is 21.3. The third-order valence-electron chi connectivity index (χ3n) is 3.43. The van der Waals surface area contributed by atoms with Gasteiger partial charge in [0.2, 0.25) is 0 Å². The summed E-state index contributed by atoms with van der Waals surface area (Å²) in [6, 6.07) is 3.48. The van der Waals surface area contributed by atoms with Gasteiger partial charge in [0.05, 0.1) is 24.6 Å². The Labute approximate surface area is 126 Å². The number of nitrogens with zero attached hydrogens (tertiary/aromatic N) is 3. The lowest BCUT2D eigenvalue weighted by atomic mass is 10.2. The van der Waals surface area contributed by atoms with Crippen LogP contribution in [0, 0.1) is 0 Å². The number of rotatable bonds is 5. The van der Waals surface area contributed by atoms with E-state index < -0.39 is 0 Å². The van der Waals surface area contributed by atoms with E-state index in [0.717, 1.165) is 19.4 Å². The van der Waals surface area contributed by atoms with Crippen LogP contribution in [0.2, 0.25) is 0 Å². The minimum Gasteiger partial charge on any atom is -0.396 e. The Kier molecular flexibility index (Phi) is 4.52. The van der Waals surface area contributed by atoms with Crippen molar-refractivity contribution in [1.82, 2.24) is 14.5 Å². The van der Waals surface area contributed by atoms with Gasteiger partial charge in [-0.2, -0.15) is 0 Å². The number of pyridine rings is 1. The topological polar surface area (TPSA) is 77.2 Å². The molecule has 1 atom stereocenters. The molecule has 0 saturated carbocycles. The predicted octanol–water partition coefficient (Wildman–Crippen LogP) is 1.05. The van der Waals surface area contributed by atoms with Gasteiger partial charge in [0.1, 0.15) is 0 Å². The Morgan fingerprint density at radius 3 is 3.19 bits per heavy atom. The number of aromatic nitrogens is 3. The van der Waals surface area contributed by atoms with Crippen LogP contribution in [0.25, 0.3) is 11.0 Å². The predicted molar refractivity (Wildman–Crippen MR) is 80.6 cm³/mol. The lowest BCUT2D eigenvalue weighted by Gasteiger charge is -2.15. The first kappa shape index (κ1) is 14.5. The summed E-state index contributed by atoms with van der Waals surface area (Å²) < 4.78 is 7.27. The molecule has 1 saturated heterocycles. The van der Waals surface area contributed by atoms with Crippen LogP contribution in [0.3, 0.4) is 0 Å². The summed E-state index contributed by atoms with van der Waals surface area (Å²) in [6.07, 6.45) is 3.68. The molecule has 0 aromatic carbocycles. The number of hydrogen-bond donors (Lipinski definition) is 1. The van der Waals surface area contributed by atoms with Crippen LogP contribution >= 0.6 is 11.8 Å². The van der Waals surface area contributed by atoms with Crippen molar-refractivity contribution in [1.29, 1.82) is 0 Å². The molecule has 1 aliphatic heterocycles. The van der Waals surface area contributed by atoms with E-state index in [9.17, 15) is 4.79 Å². The number of fused-ring (bicyclic) bond motifs is 1. The molecule has 0 aliphatic carbocycles. The summed E-state index contributed by atoms with van der Waals surface area (Å²) in [6.45, 7) is 1.30. The first-order chi connectivity index (χ1) is 10.3. The summed E-state index contributed by atoms with van der Waals surface area (Å²) in [5.41, 5.74) is 0.357. The first-order valence-electron chi connectivity index (χ1n) is 7.00. The van der Waals surface area contributed by atoms with Crippen molar-refractivity contribution in [3.63, 3.8) is 0 Å². The Morgan fingerprint density at radius 1 is 1.52 bits per heavy atom. The SMILES string of the molecule is O=c1c2cccnc2nc(SCCO)n1C[C@@H]1CCCO1. The van der Waals surface area contributed by atoms with Crippen LogP contribution in [0.15, 0.2) is 28.3 Å². The molecular formula is C14H17N3O3S. The smallest absolute Gasteiger partial charge is 0.263 e. The van der Waals surface area contributed by atoms with Gasteiger partial charge in [-0.25, -0.2) is 9.97 Å². The molecule has 3 rings (SSSR count). The molecule has 0 unspecified atom stereocenters. The average Bonchev–Trinajstić information content (AvgIpc) is 3.01. The van der Waals surface area contributed by atoms with E-state index in [1.54, 1.807) is 22.9 Å². The van der Waals surface area contributed by atoms with Crippen molar-refractivity contribution >= 4 is 22.8 Å². The van der Waals surface area contributed by atoms with Gasteiger partial charge in [-0.1, -0.05) is 11.8 Å². The van der Waals surface area contributed by atoms with Gasteiger partial charge in [0.15, 0.2) is 10.8 Å². The van der Waals surface area contributed by atoms with E-state index in [1.165, 1.54) is 11.8 Å². The summed E-state index contributed by atoms with van der Waals surface area (Å²) in [7, 11) is 0. The van der Waals surface area contributed by atoms with Gasteiger partial charge < -0.3 is 9.84 Å². The maximum atomic E-state index is 12.7. The number of hydrogen-bond acceptors (Lipinski definition) is 6. The van der Waals surface area contributed by atoms with Crippen molar-refractivity contribution in [3.05, 3.63) is 28.7 Å². The van der Waals surface area contributed by atoms with Crippen LogP contribution in [0.5, 0.6) is 0 Å². The van der Waals surface area contributed by atoms with Crippen LogP contribution in [0.4, 0.5) is 0 Å². The number of ether oxygens (including phenoxy) is 1. The van der Waals surface area contributed by atoms with E-state index in [0.29, 0.717) is 28.5 Å². The lowest BCUT2D eigenvalue weighted by Crippen LogP contribution is -2.29. The third kappa shape index (κ3) is 3.09. The van der Waals surface area contributed by atoms with Crippen LogP contribution in [0.1, 0.15) is 12.8 Å². The van der Waals surface area contributed by atoms with Gasteiger partial charge in [-0.15, -0.1) is 0 Å². The first-order valence-corrected chi connectivity index (χ1v) is 7.99. The van der Waals surface area contributed by atoms with E-state index >= 15 is 0 Å². The van der Waals surface area contributed by atoms with Crippen molar-refractivity contribution < 1.29 is 9.84 Å². The molecule has 0 amide bonds. The van der Waals surface area contributed by atoms with Gasteiger partial charge in [0, 0.05) is 18.6 Å². The zero-order chi connectivity index (χ0) is 14.7. The molecule has 0 bridgehead atoms. The van der Waals surface area contributed by atoms with Crippen molar-refractivity contribution in [2.24, 2.45) is 0 Å². The van der Waals surface area contributed by atoms with Crippen molar-refractivity contribution in [2.75, 3.05) is 19.0 Å². The zero-order valence-corrected chi connectivity index (χ0v) is 12.4. The largest absolute Gasteiger partial charge is 0.396 e. The Hall–Kier alpha value is -1.44. The second-order valence-electron chi connectivity index (χ2n) is 4.89. The standard InChI is InChI=1S/C14H17N3O3S/c18-6-8-21-14-16-12-11(4-1-5-15-12)13(19)17(14)9-10-3-2-7-20-10/h1,4-5,10,18H,2-3,6-9H2/t10-/m0/s1. The molecule has 21 heavy (non-hydrogen) atoms. The van der Waals surface area contributed by atoms with E-state index in [2.05, 4.69) is 9.97 Å². The Morgan fingerprint density at radius 2 is 2.43 bits per heavy atom. The molecule has 7 heteroatoms. The molecule has 0 radical (unpaired) electrons. The quantitative estimate of drug-likeness (QED) is 0.657. The number of aliphatic hydroxyl groups excluding tert-OH is 1. The maximum Gasteiger partial charge on any atom is 0.263 e. The average molecular weight is 307 g/mol. The summed E-state index contributed by atoms with van der Waals surface area (Å²) in [5, 5.41) is 10.1. The molecule has 1 aliphatic rings. The fourth-order valence-electron chi connectivity index (χ4n) is 2.44. The van der Waals surface area contributed by atoms with Gasteiger partial charge >= 0.3 is 0 Å². The Bertz CT molecular complexity index is 683. The zero-order valence-electron chi connectivity index (χ0n) is 11.6. The van der Waals surface area contributed by atoms with E-state index in [4.69, 9.17) is 9.84 Å². The van der Waals surface area contributed by atoms with Crippen molar-refractivity contribution in [3.8, 4) is 0 Å². The van der Waals surface area contributed by atoms with Crippen LogP contribution < -0.4 is 5.56 Å². The molecular weight excluding hydrogens is 290 g/mol. The van der Waals surface area contributed by atoms with Crippen molar-refractivity contribution in [2.45, 2.75) is 30.6 Å². The van der Waals surface area contributed by atoms with Crippen LogP contribution in [-0.4, -0.2) is 44.7 Å². The number of thioether (sulfide) groups is 1. The molecule has 112 valence electrons. The minimum atomic E-state index is -0.0935. The fourth-order valence-corrected chi connectivity index (χ4v) is 3.17. The second kappa shape index (κ2) is 6.55. The molecule has 3 heterocycles. The summed E-state index contributed by atoms with van der Waals surface area (Å²) in [5.74, 6) is 0.496. The molecule has 1 N–H and O–H groups in total. The normalized spacial score (nSPS) is 18.4. The Balaban J connectivity index is 2.04. The van der Waals surface area contributed by atoms with E-state index in [-0.39, 0.29) is 18.3 Å². The highest BCUT2D eigenvalue weighted by Gasteiger charge is 2.20. The highest BCUT2D eigenvalue weighted by atomic mass is 32.2. The highest BCUT2D eigenvalue weighted by Crippen LogP contribution is 2.19. The molecule has 1 fully saturated rings. The fraction of sp³-hybridized carbons (Fsp3) is 0.500. The summed E-state index contributed by atoms with van der Waals surface area (Å²) >= 11 is 1.37. The highest BCUT2D eigenvalue weighted by molar-refractivity contribution is 7.99. The van der Waals surface area contributed by atoms with Crippen LogP contribution in [-0.2, 0) is 11.3 Å². The minimum absolute atomic E-state index is 0.0424. The second-order valence-corrected chi connectivity index (χ2v) is 5.95. The van der Waals surface area contributed by atoms with Gasteiger partial charge in [-0.05, 0) is 25.0 Å².